The number of halogens is 2. The Kier molecular flexibility index (Phi) is 5.04. The van der Waals surface area contributed by atoms with Gasteiger partial charge in [0.2, 0.25) is 11.0 Å². The number of rotatable bonds is 5. The second-order valence-corrected chi connectivity index (χ2v) is 9.25. The van der Waals surface area contributed by atoms with E-state index in [1.807, 2.05) is 18.2 Å². The van der Waals surface area contributed by atoms with Crippen molar-refractivity contribution in [2.24, 2.45) is 17.8 Å². The molecule has 0 spiro atoms. The molecule has 130 valence electrons. The van der Waals surface area contributed by atoms with Gasteiger partial charge in [-0.15, -0.1) is 10.2 Å². The van der Waals surface area contributed by atoms with Crippen LogP contribution in [0.4, 0.5) is 5.13 Å². The Bertz CT molecular complexity index is 819. The van der Waals surface area contributed by atoms with Gasteiger partial charge in [-0.25, -0.2) is 0 Å². The number of carbonyl (C=O) groups excluding carboxylic acids is 1. The molecule has 0 unspecified atom stereocenters. The van der Waals surface area contributed by atoms with E-state index in [0.717, 1.165) is 22.7 Å². The van der Waals surface area contributed by atoms with Crippen LogP contribution in [-0.4, -0.2) is 16.1 Å². The summed E-state index contributed by atoms with van der Waals surface area (Å²) >= 11 is 15.2. The first kappa shape index (κ1) is 17.3. The molecule has 3 atom stereocenters. The molecule has 2 aliphatic rings. The van der Waals surface area contributed by atoms with E-state index in [9.17, 15) is 4.79 Å². The van der Waals surface area contributed by atoms with Crippen molar-refractivity contribution in [3.8, 4) is 0 Å². The first-order valence-corrected chi connectivity index (χ1v) is 10.5. The SMILES string of the molecule is O=C(Nc1nnc(SCc2c(Cl)cccc2Cl)s1)[C@@H]1C[C@H]2C=C[C@H]1C2. The maximum atomic E-state index is 12.4. The number of thioether (sulfide) groups is 1. The molecule has 4 nitrogen and oxygen atoms in total. The second kappa shape index (κ2) is 7.27. The summed E-state index contributed by atoms with van der Waals surface area (Å²) < 4.78 is 0.777. The number of nitrogens with one attached hydrogen (secondary N) is 1. The first-order chi connectivity index (χ1) is 12.1. The monoisotopic (exact) mass is 411 g/mol. The van der Waals surface area contributed by atoms with Crippen LogP contribution in [0, 0.1) is 17.8 Å². The number of carbonyl (C=O) groups is 1. The lowest BCUT2D eigenvalue weighted by Crippen LogP contribution is -2.25. The van der Waals surface area contributed by atoms with Gasteiger partial charge in [-0.1, -0.05) is 64.5 Å². The molecule has 25 heavy (non-hydrogen) atoms. The number of nitrogens with zero attached hydrogens (tertiary/aromatic N) is 2. The van der Waals surface area contributed by atoms with Gasteiger partial charge in [-0.2, -0.15) is 0 Å². The lowest BCUT2D eigenvalue weighted by molar-refractivity contribution is -0.120. The van der Waals surface area contributed by atoms with Crippen molar-refractivity contribution in [3.05, 3.63) is 46.0 Å². The average Bonchev–Trinajstić information content (AvgIpc) is 3.31. The Hall–Kier alpha value is -1.08. The van der Waals surface area contributed by atoms with E-state index in [-0.39, 0.29) is 11.8 Å². The van der Waals surface area contributed by atoms with Crippen LogP contribution in [0.3, 0.4) is 0 Å². The Balaban J connectivity index is 1.36. The highest BCUT2D eigenvalue weighted by Gasteiger charge is 2.40. The smallest absolute Gasteiger partial charge is 0.229 e. The highest BCUT2D eigenvalue weighted by molar-refractivity contribution is 8.00. The van der Waals surface area contributed by atoms with Crippen LogP contribution in [0.2, 0.25) is 10.0 Å². The van der Waals surface area contributed by atoms with Crippen molar-refractivity contribution in [1.29, 1.82) is 0 Å². The lowest BCUT2D eigenvalue weighted by Gasteiger charge is -2.16. The molecule has 1 N–H and O–H groups in total. The molecular weight excluding hydrogens is 397 g/mol. The molecule has 1 fully saturated rings. The molecule has 1 saturated carbocycles. The van der Waals surface area contributed by atoms with Crippen LogP contribution >= 0.6 is 46.3 Å². The number of hydrogen-bond acceptors (Lipinski definition) is 5. The second-order valence-electron chi connectivity index (χ2n) is 6.24. The summed E-state index contributed by atoms with van der Waals surface area (Å²) in [6.45, 7) is 0. The molecule has 1 aromatic carbocycles. The number of aromatic nitrogens is 2. The highest BCUT2D eigenvalue weighted by atomic mass is 35.5. The van der Waals surface area contributed by atoms with Crippen LogP contribution in [0.1, 0.15) is 18.4 Å². The van der Waals surface area contributed by atoms with Crippen LogP contribution in [-0.2, 0) is 10.5 Å². The van der Waals surface area contributed by atoms with Crippen molar-refractivity contribution in [3.63, 3.8) is 0 Å². The number of benzene rings is 1. The van der Waals surface area contributed by atoms with Gasteiger partial charge in [-0.3, -0.25) is 4.79 Å². The fourth-order valence-corrected chi connectivity index (χ4v) is 5.90. The van der Waals surface area contributed by atoms with E-state index in [2.05, 4.69) is 27.7 Å². The number of amides is 1. The summed E-state index contributed by atoms with van der Waals surface area (Å²) in [7, 11) is 0. The van der Waals surface area contributed by atoms with E-state index < -0.39 is 0 Å². The molecular formula is C17H15Cl2N3OS2. The van der Waals surface area contributed by atoms with Crippen LogP contribution in [0.5, 0.6) is 0 Å². The summed E-state index contributed by atoms with van der Waals surface area (Å²) in [5.41, 5.74) is 0.880. The summed E-state index contributed by atoms with van der Waals surface area (Å²) in [4.78, 5) is 12.4. The molecule has 1 amide bonds. The zero-order chi connectivity index (χ0) is 17.4. The third-order valence-corrected chi connectivity index (χ3v) is 7.36. The van der Waals surface area contributed by atoms with Crippen LogP contribution in [0.25, 0.3) is 0 Å². The largest absolute Gasteiger partial charge is 0.300 e. The zero-order valence-electron chi connectivity index (χ0n) is 13.1. The standard InChI is InChI=1S/C17H15Cl2N3OS2/c18-13-2-1-3-14(19)12(13)8-24-17-22-21-16(25-17)20-15(23)11-7-9-4-5-10(11)6-9/h1-5,9-11H,6-8H2,(H,20,21,23)/t9-,10-,11+/m0/s1. The molecule has 2 aromatic rings. The summed E-state index contributed by atoms with van der Waals surface area (Å²) in [5, 5.41) is 13.0. The van der Waals surface area contributed by atoms with Gasteiger partial charge in [-0.05, 0) is 42.4 Å². The molecule has 0 saturated heterocycles. The Morgan fingerprint density at radius 3 is 2.72 bits per heavy atom. The third kappa shape index (κ3) is 3.72. The zero-order valence-corrected chi connectivity index (χ0v) is 16.3. The van der Waals surface area contributed by atoms with E-state index in [1.165, 1.54) is 23.1 Å². The quantitative estimate of drug-likeness (QED) is 0.412. The van der Waals surface area contributed by atoms with Gasteiger partial charge < -0.3 is 5.32 Å². The molecule has 4 rings (SSSR count). The summed E-state index contributed by atoms with van der Waals surface area (Å²) in [5.74, 6) is 1.68. The van der Waals surface area contributed by atoms with Gasteiger partial charge in [0, 0.05) is 21.7 Å². The molecule has 1 heterocycles. The maximum Gasteiger partial charge on any atom is 0.229 e. The van der Waals surface area contributed by atoms with Gasteiger partial charge >= 0.3 is 0 Å². The van der Waals surface area contributed by atoms with Crippen molar-refractivity contribution < 1.29 is 4.79 Å². The number of anilines is 1. The van der Waals surface area contributed by atoms with Crippen molar-refractivity contribution in [1.82, 2.24) is 10.2 Å². The Morgan fingerprint density at radius 1 is 1.24 bits per heavy atom. The number of hydrogen-bond donors (Lipinski definition) is 1. The fraction of sp³-hybridized carbons (Fsp3) is 0.353. The van der Waals surface area contributed by atoms with Gasteiger partial charge in [0.05, 0.1) is 0 Å². The highest BCUT2D eigenvalue weighted by Crippen LogP contribution is 2.44. The van der Waals surface area contributed by atoms with Gasteiger partial charge in [0.15, 0.2) is 4.34 Å². The number of allylic oxidation sites excluding steroid dienone is 2. The summed E-state index contributed by atoms with van der Waals surface area (Å²) in [6.07, 6.45) is 6.45. The Morgan fingerprint density at radius 2 is 2.04 bits per heavy atom. The topological polar surface area (TPSA) is 54.9 Å². The minimum absolute atomic E-state index is 0.0544. The first-order valence-electron chi connectivity index (χ1n) is 7.98. The van der Waals surface area contributed by atoms with Crippen molar-refractivity contribution in [2.75, 3.05) is 5.32 Å². The van der Waals surface area contributed by atoms with E-state index in [0.29, 0.717) is 32.8 Å². The Labute approximate surface area is 164 Å². The molecule has 1 aromatic heterocycles. The molecule has 0 radical (unpaired) electrons. The lowest BCUT2D eigenvalue weighted by atomic mass is 9.93. The summed E-state index contributed by atoms with van der Waals surface area (Å²) in [6, 6.07) is 5.46. The third-order valence-electron chi connectivity index (χ3n) is 4.65. The average molecular weight is 412 g/mol. The van der Waals surface area contributed by atoms with Crippen LogP contribution in [0.15, 0.2) is 34.7 Å². The van der Waals surface area contributed by atoms with E-state index in [4.69, 9.17) is 23.2 Å². The number of fused-ring (bicyclic) bond motifs is 2. The maximum absolute atomic E-state index is 12.4. The predicted octanol–water partition coefficient (Wildman–Crippen LogP) is 5.29. The molecule has 2 aliphatic carbocycles. The van der Waals surface area contributed by atoms with E-state index in [1.54, 1.807) is 0 Å². The predicted molar refractivity (Wildman–Crippen MR) is 103 cm³/mol. The molecule has 8 heteroatoms. The van der Waals surface area contributed by atoms with Crippen molar-refractivity contribution >= 4 is 57.3 Å². The normalized spacial score (nSPS) is 24.0. The van der Waals surface area contributed by atoms with Gasteiger partial charge in [0.1, 0.15) is 0 Å². The van der Waals surface area contributed by atoms with Gasteiger partial charge in [0.25, 0.3) is 0 Å². The molecule has 2 bridgehead atoms. The molecule has 0 aliphatic heterocycles. The van der Waals surface area contributed by atoms with Crippen LogP contribution < -0.4 is 5.32 Å². The minimum atomic E-state index is 0.0544. The van der Waals surface area contributed by atoms with Crippen molar-refractivity contribution in [2.45, 2.75) is 22.9 Å². The van der Waals surface area contributed by atoms with E-state index >= 15 is 0 Å². The minimum Gasteiger partial charge on any atom is -0.300 e. The fourth-order valence-electron chi connectivity index (χ4n) is 3.40.